The molecule has 0 radical (unpaired) electrons. The summed E-state index contributed by atoms with van der Waals surface area (Å²) in [5.41, 5.74) is 7.99. The topological polar surface area (TPSA) is 83.7 Å². The van der Waals surface area contributed by atoms with Gasteiger partial charge in [0.05, 0.1) is 12.0 Å². The zero-order valence-corrected chi connectivity index (χ0v) is 8.86. The van der Waals surface area contributed by atoms with Crippen molar-refractivity contribution in [1.82, 2.24) is 24.8 Å². The van der Waals surface area contributed by atoms with Gasteiger partial charge >= 0.3 is 0 Å². The van der Waals surface area contributed by atoms with E-state index in [0.29, 0.717) is 5.65 Å². The molecule has 15 heavy (non-hydrogen) atoms. The minimum Gasteiger partial charge on any atom is -0.368 e. The van der Waals surface area contributed by atoms with Gasteiger partial charge in [0, 0.05) is 6.54 Å². The summed E-state index contributed by atoms with van der Waals surface area (Å²) in [6, 6.07) is 0. The molecule has 6 heteroatoms. The Morgan fingerprint density at radius 1 is 1.47 bits per heavy atom. The lowest BCUT2D eigenvalue weighted by Gasteiger charge is -2.13. The van der Waals surface area contributed by atoms with E-state index in [-0.39, 0.29) is 5.95 Å². The highest BCUT2D eigenvalue weighted by molar-refractivity contribution is 5.73. The Kier molecular flexibility index (Phi) is 2.51. The highest BCUT2D eigenvalue weighted by Crippen LogP contribution is 2.13. The second-order valence-corrected chi connectivity index (χ2v) is 3.46. The monoisotopic (exact) mass is 206 g/mol. The van der Waals surface area contributed by atoms with E-state index in [0.717, 1.165) is 24.3 Å². The van der Waals surface area contributed by atoms with Crippen LogP contribution in [0.1, 0.15) is 12.6 Å². The Hall–Kier alpha value is -1.69. The summed E-state index contributed by atoms with van der Waals surface area (Å²) < 4.78 is 0. The molecule has 6 nitrogen and oxygen atoms in total. The fraction of sp³-hybridized carbons (Fsp3) is 0.444. The Morgan fingerprint density at radius 3 is 3.00 bits per heavy atom. The number of rotatable bonds is 3. The van der Waals surface area contributed by atoms with E-state index in [2.05, 4.69) is 31.8 Å². The summed E-state index contributed by atoms with van der Waals surface area (Å²) in [5, 5.41) is 0. The zero-order chi connectivity index (χ0) is 10.8. The van der Waals surface area contributed by atoms with E-state index in [1.54, 1.807) is 6.33 Å². The lowest BCUT2D eigenvalue weighted by molar-refractivity contribution is 0.342. The normalized spacial score (nSPS) is 11.4. The third-order valence-electron chi connectivity index (χ3n) is 2.34. The number of hydrogen-bond donors (Lipinski definition) is 2. The lowest BCUT2D eigenvalue weighted by Crippen LogP contribution is -2.18. The van der Waals surface area contributed by atoms with E-state index in [1.807, 2.05) is 7.05 Å². The van der Waals surface area contributed by atoms with E-state index < -0.39 is 0 Å². The average Bonchev–Trinajstić information content (AvgIpc) is 2.65. The lowest BCUT2D eigenvalue weighted by atomic mass is 10.3. The maximum Gasteiger partial charge on any atom is 0.222 e. The quantitative estimate of drug-likeness (QED) is 0.758. The Morgan fingerprint density at radius 2 is 2.27 bits per heavy atom. The predicted octanol–water partition coefficient (Wildman–Crippen LogP) is 0.387. The van der Waals surface area contributed by atoms with Gasteiger partial charge in [-0.2, -0.15) is 4.98 Å². The second-order valence-electron chi connectivity index (χ2n) is 3.46. The van der Waals surface area contributed by atoms with Crippen molar-refractivity contribution >= 4 is 17.1 Å². The van der Waals surface area contributed by atoms with Crippen LogP contribution >= 0.6 is 0 Å². The highest BCUT2D eigenvalue weighted by atomic mass is 15.1. The first-order valence-electron chi connectivity index (χ1n) is 4.84. The van der Waals surface area contributed by atoms with Crippen molar-refractivity contribution in [1.29, 1.82) is 0 Å². The molecule has 0 saturated heterocycles. The first kappa shape index (κ1) is 9.85. The van der Waals surface area contributed by atoms with Crippen molar-refractivity contribution in [2.24, 2.45) is 0 Å². The van der Waals surface area contributed by atoms with Crippen LogP contribution in [0.5, 0.6) is 0 Å². The molecule has 0 aliphatic carbocycles. The van der Waals surface area contributed by atoms with Crippen LogP contribution < -0.4 is 5.73 Å². The molecule has 0 bridgehead atoms. The van der Waals surface area contributed by atoms with Gasteiger partial charge in [-0.05, 0) is 13.6 Å². The third-order valence-corrected chi connectivity index (χ3v) is 2.34. The van der Waals surface area contributed by atoms with Gasteiger partial charge in [-0.15, -0.1) is 0 Å². The molecule has 0 atom stereocenters. The number of H-pyrrole nitrogens is 1. The Balaban J connectivity index is 2.44. The number of nitrogens with two attached hydrogens (primary N) is 1. The third kappa shape index (κ3) is 1.89. The number of nitrogens with one attached hydrogen (secondary N) is 1. The van der Waals surface area contributed by atoms with Crippen LogP contribution in [-0.2, 0) is 6.54 Å². The number of nitrogens with zero attached hydrogens (tertiary/aromatic N) is 4. The summed E-state index contributed by atoms with van der Waals surface area (Å²) >= 11 is 0. The van der Waals surface area contributed by atoms with E-state index in [4.69, 9.17) is 5.73 Å². The summed E-state index contributed by atoms with van der Waals surface area (Å²) in [6.45, 7) is 3.79. The van der Waals surface area contributed by atoms with Crippen molar-refractivity contribution in [3.8, 4) is 0 Å². The van der Waals surface area contributed by atoms with Crippen molar-refractivity contribution in [2.75, 3.05) is 19.3 Å². The molecule has 0 spiro atoms. The number of aromatic amines is 1. The van der Waals surface area contributed by atoms with Gasteiger partial charge in [0.15, 0.2) is 5.65 Å². The maximum atomic E-state index is 5.61. The summed E-state index contributed by atoms with van der Waals surface area (Å²) in [7, 11) is 2.03. The molecule has 0 fully saturated rings. The SMILES string of the molecule is CCN(C)Cc1nc(N)nc2nc[nH]c12. The highest BCUT2D eigenvalue weighted by Gasteiger charge is 2.09. The van der Waals surface area contributed by atoms with Crippen LogP contribution in [0.4, 0.5) is 5.95 Å². The van der Waals surface area contributed by atoms with Gasteiger partial charge in [-0.3, -0.25) is 0 Å². The second kappa shape index (κ2) is 3.82. The van der Waals surface area contributed by atoms with Crippen LogP contribution in [0, 0.1) is 0 Å². The van der Waals surface area contributed by atoms with Gasteiger partial charge < -0.3 is 15.6 Å². The summed E-state index contributed by atoms with van der Waals surface area (Å²) in [6.07, 6.45) is 1.61. The molecule has 2 rings (SSSR count). The molecular formula is C9H14N6. The number of aromatic nitrogens is 4. The standard InChI is InChI=1S/C9H14N6/c1-3-15(2)4-6-7-8(12-5-11-7)14-9(10)13-6/h5H,3-4H2,1-2H3,(H3,10,11,12,13,14). The van der Waals surface area contributed by atoms with Crippen molar-refractivity contribution in [3.63, 3.8) is 0 Å². The van der Waals surface area contributed by atoms with Gasteiger partial charge in [0.2, 0.25) is 5.95 Å². The van der Waals surface area contributed by atoms with Gasteiger partial charge in [0.1, 0.15) is 5.52 Å². The molecule has 0 aliphatic rings. The Labute approximate surface area is 87.5 Å². The largest absolute Gasteiger partial charge is 0.368 e. The van der Waals surface area contributed by atoms with E-state index >= 15 is 0 Å². The van der Waals surface area contributed by atoms with Crippen LogP contribution in [-0.4, -0.2) is 38.4 Å². The molecule has 0 aromatic carbocycles. The molecule has 80 valence electrons. The Bertz CT molecular complexity index is 463. The van der Waals surface area contributed by atoms with Gasteiger partial charge in [-0.25, -0.2) is 9.97 Å². The molecule has 0 aliphatic heterocycles. The van der Waals surface area contributed by atoms with Crippen LogP contribution in [0.15, 0.2) is 6.33 Å². The van der Waals surface area contributed by atoms with Crippen LogP contribution in [0.2, 0.25) is 0 Å². The fourth-order valence-corrected chi connectivity index (χ4v) is 1.39. The average molecular weight is 206 g/mol. The minimum atomic E-state index is 0.272. The first-order valence-corrected chi connectivity index (χ1v) is 4.84. The molecule has 2 aromatic rings. The summed E-state index contributed by atoms with van der Waals surface area (Å²) in [5.74, 6) is 0.272. The molecule has 2 aromatic heterocycles. The number of fused-ring (bicyclic) bond motifs is 1. The van der Waals surface area contributed by atoms with Gasteiger partial charge in [0.25, 0.3) is 0 Å². The van der Waals surface area contributed by atoms with Crippen LogP contribution in [0.3, 0.4) is 0 Å². The number of anilines is 1. The smallest absolute Gasteiger partial charge is 0.222 e. The van der Waals surface area contributed by atoms with Crippen molar-refractivity contribution < 1.29 is 0 Å². The zero-order valence-electron chi connectivity index (χ0n) is 8.86. The molecule has 2 heterocycles. The maximum absolute atomic E-state index is 5.61. The van der Waals surface area contributed by atoms with Crippen molar-refractivity contribution in [3.05, 3.63) is 12.0 Å². The van der Waals surface area contributed by atoms with E-state index in [9.17, 15) is 0 Å². The predicted molar refractivity (Wildman–Crippen MR) is 58.1 cm³/mol. The molecule has 0 saturated carbocycles. The minimum absolute atomic E-state index is 0.272. The first-order chi connectivity index (χ1) is 7.20. The summed E-state index contributed by atoms with van der Waals surface area (Å²) in [4.78, 5) is 17.5. The molecule has 0 amide bonds. The fourth-order valence-electron chi connectivity index (χ4n) is 1.39. The number of hydrogen-bond acceptors (Lipinski definition) is 5. The van der Waals surface area contributed by atoms with Gasteiger partial charge in [-0.1, -0.05) is 6.92 Å². The molecule has 0 unspecified atom stereocenters. The van der Waals surface area contributed by atoms with Crippen molar-refractivity contribution in [2.45, 2.75) is 13.5 Å². The van der Waals surface area contributed by atoms with Crippen LogP contribution in [0.25, 0.3) is 11.2 Å². The number of imidazole rings is 1. The number of nitrogen functional groups attached to an aromatic ring is 1. The van der Waals surface area contributed by atoms with E-state index in [1.165, 1.54) is 0 Å². The molecular weight excluding hydrogens is 192 g/mol. The molecule has 3 N–H and O–H groups in total.